The number of nitrogens with zero attached hydrogens (tertiary/aromatic N) is 2. The minimum atomic E-state index is -0.207. The molecule has 1 saturated heterocycles. The number of piperidine rings is 1. The summed E-state index contributed by atoms with van der Waals surface area (Å²) >= 11 is 3.35. The Morgan fingerprint density at radius 1 is 1.52 bits per heavy atom. The minimum absolute atomic E-state index is 0.0164. The zero-order chi connectivity index (χ0) is 16.4. The molecule has 2 heterocycles. The van der Waals surface area contributed by atoms with Crippen LogP contribution in [0, 0.1) is 0 Å². The van der Waals surface area contributed by atoms with Gasteiger partial charge in [-0.25, -0.2) is 4.98 Å². The summed E-state index contributed by atoms with van der Waals surface area (Å²) in [4.78, 5) is 29.0. The maximum Gasteiger partial charge on any atom is 0.261 e. The van der Waals surface area contributed by atoms with Crippen molar-refractivity contribution in [3.8, 4) is 0 Å². The summed E-state index contributed by atoms with van der Waals surface area (Å²) in [5, 5.41) is 6.85. The summed E-state index contributed by atoms with van der Waals surface area (Å²) in [5.74, 6) is -0.163. The van der Waals surface area contributed by atoms with E-state index in [4.69, 9.17) is 0 Å². The van der Waals surface area contributed by atoms with Crippen LogP contribution >= 0.6 is 15.9 Å². The van der Waals surface area contributed by atoms with E-state index in [0.29, 0.717) is 10.9 Å². The van der Waals surface area contributed by atoms with E-state index in [2.05, 4.69) is 38.5 Å². The third-order valence-electron chi connectivity index (χ3n) is 4.21. The summed E-state index contributed by atoms with van der Waals surface area (Å²) in [6, 6.07) is 5.69. The van der Waals surface area contributed by atoms with Gasteiger partial charge in [-0.05, 0) is 44.5 Å². The molecule has 1 aliphatic rings. The molecule has 2 aromatic rings. The first-order chi connectivity index (χ1) is 11.0. The van der Waals surface area contributed by atoms with Crippen molar-refractivity contribution in [2.45, 2.75) is 38.4 Å². The lowest BCUT2D eigenvalue weighted by Gasteiger charge is -2.30. The van der Waals surface area contributed by atoms with Gasteiger partial charge in [-0.15, -0.1) is 0 Å². The lowest BCUT2D eigenvalue weighted by atomic mass is 10.00. The van der Waals surface area contributed by atoms with E-state index in [9.17, 15) is 9.59 Å². The van der Waals surface area contributed by atoms with Crippen LogP contribution < -0.4 is 16.2 Å². The van der Waals surface area contributed by atoms with Gasteiger partial charge in [0.15, 0.2) is 0 Å². The van der Waals surface area contributed by atoms with Gasteiger partial charge >= 0.3 is 0 Å². The van der Waals surface area contributed by atoms with Crippen LogP contribution in [0.2, 0.25) is 0 Å². The Labute approximate surface area is 142 Å². The first-order valence-corrected chi connectivity index (χ1v) is 8.51. The van der Waals surface area contributed by atoms with Gasteiger partial charge in [-0.3, -0.25) is 14.2 Å². The van der Waals surface area contributed by atoms with Gasteiger partial charge in [0.25, 0.3) is 5.56 Å². The molecule has 0 radical (unpaired) electrons. The second kappa shape index (κ2) is 6.80. The van der Waals surface area contributed by atoms with Gasteiger partial charge in [-0.2, -0.15) is 0 Å². The maximum absolute atomic E-state index is 12.5. The molecule has 0 aliphatic carbocycles. The molecule has 0 saturated carbocycles. The Hall–Kier alpha value is -1.73. The number of rotatable bonds is 3. The molecule has 1 aromatic carbocycles. The van der Waals surface area contributed by atoms with Crippen molar-refractivity contribution in [1.82, 2.24) is 20.2 Å². The summed E-state index contributed by atoms with van der Waals surface area (Å²) < 4.78 is 2.17. The number of amides is 1. The fourth-order valence-corrected chi connectivity index (χ4v) is 3.25. The molecule has 2 N–H and O–H groups in total. The lowest BCUT2D eigenvalue weighted by Crippen LogP contribution is -2.52. The van der Waals surface area contributed by atoms with Crippen molar-refractivity contribution in [2.24, 2.45) is 0 Å². The van der Waals surface area contributed by atoms with Gasteiger partial charge in [0.1, 0.15) is 6.54 Å². The lowest BCUT2D eigenvalue weighted by molar-refractivity contribution is -0.122. The average Bonchev–Trinajstić information content (AvgIpc) is 2.53. The molecule has 0 bridgehead atoms. The second-order valence-corrected chi connectivity index (χ2v) is 6.81. The fourth-order valence-electron chi connectivity index (χ4n) is 2.89. The van der Waals surface area contributed by atoms with Crippen LogP contribution in [0.3, 0.4) is 0 Å². The third kappa shape index (κ3) is 3.61. The normalized spacial score (nSPS) is 21.3. The van der Waals surface area contributed by atoms with Gasteiger partial charge in [0, 0.05) is 16.6 Å². The molecule has 1 amide bonds. The third-order valence-corrected chi connectivity index (χ3v) is 4.70. The van der Waals surface area contributed by atoms with E-state index in [0.717, 1.165) is 23.9 Å². The van der Waals surface area contributed by atoms with Crippen LogP contribution in [0.5, 0.6) is 0 Å². The van der Waals surface area contributed by atoms with Gasteiger partial charge in [0.2, 0.25) is 5.91 Å². The number of carbonyl (C=O) groups is 1. The van der Waals surface area contributed by atoms with Crippen LogP contribution in [0.4, 0.5) is 0 Å². The quantitative estimate of drug-likeness (QED) is 0.846. The average molecular weight is 379 g/mol. The smallest absolute Gasteiger partial charge is 0.261 e. The monoisotopic (exact) mass is 378 g/mol. The number of carbonyl (C=O) groups excluding carboxylic acids is 1. The Balaban J connectivity index is 1.77. The van der Waals surface area contributed by atoms with Crippen molar-refractivity contribution >= 4 is 32.7 Å². The Morgan fingerprint density at radius 2 is 2.35 bits per heavy atom. The Morgan fingerprint density at radius 3 is 3.13 bits per heavy atom. The summed E-state index contributed by atoms with van der Waals surface area (Å²) in [6.07, 6.45) is 3.43. The molecular weight excluding hydrogens is 360 g/mol. The molecule has 7 heteroatoms. The van der Waals surface area contributed by atoms with Gasteiger partial charge < -0.3 is 10.6 Å². The topological polar surface area (TPSA) is 76.0 Å². The van der Waals surface area contributed by atoms with Crippen molar-refractivity contribution in [3.05, 3.63) is 39.4 Å². The molecule has 2 atom stereocenters. The van der Waals surface area contributed by atoms with E-state index in [-0.39, 0.29) is 30.1 Å². The largest absolute Gasteiger partial charge is 0.350 e. The van der Waals surface area contributed by atoms with E-state index in [1.165, 1.54) is 10.9 Å². The number of aromatic nitrogens is 2. The summed E-state index contributed by atoms with van der Waals surface area (Å²) in [7, 11) is 0. The predicted molar refractivity (Wildman–Crippen MR) is 92.3 cm³/mol. The molecule has 0 spiro atoms. The molecule has 1 aliphatic heterocycles. The number of hydrogen-bond acceptors (Lipinski definition) is 4. The summed E-state index contributed by atoms with van der Waals surface area (Å²) in [6.45, 7) is 3.03. The first kappa shape index (κ1) is 16.1. The van der Waals surface area contributed by atoms with E-state index in [1.807, 2.05) is 6.07 Å². The van der Waals surface area contributed by atoms with Crippen LogP contribution in [-0.2, 0) is 11.3 Å². The maximum atomic E-state index is 12.5. The van der Waals surface area contributed by atoms with Crippen molar-refractivity contribution in [3.63, 3.8) is 0 Å². The fraction of sp³-hybridized carbons (Fsp3) is 0.438. The highest BCUT2D eigenvalue weighted by molar-refractivity contribution is 9.10. The molecule has 6 nitrogen and oxygen atoms in total. The first-order valence-electron chi connectivity index (χ1n) is 7.72. The van der Waals surface area contributed by atoms with Crippen LogP contribution in [-0.4, -0.2) is 34.1 Å². The Kier molecular flexibility index (Phi) is 4.77. The van der Waals surface area contributed by atoms with E-state index >= 15 is 0 Å². The number of nitrogens with one attached hydrogen (secondary N) is 2. The van der Waals surface area contributed by atoms with E-state index < -0.39 is 0 Å². The second-order valence-electron chi connectivity index (χ2n) is 5.90. The molecule has 1 fully saturated rings. The van der Waals surface area contributed by atoms with Crippen molar-refractivity contribution in [2.75, 3.05) is 6.54 Å². The molecule has 2 unspecified atom stereocenters. The molecule has 23 heavy (non-hydrogen) atoms. The number of hydrogen-bond donors (Lipinski definition) is 2. The SMILES string of the molecule is CC1NCCCC1NC(=O)Cn1cnc2ccc(Br)cc2c1=O. The van der Waals surface area contributed by atoms with Gasteiger partial charge in [-0.1, -0.05) is 15.9 Å². The highest BCUT2D eigenvalue weighted by Gasteiger charge is 2.22. The molecule has 122 valence electrons. The molecule has 1 aromatic heterocycles. The molecular formula is C16H19BrN4O2. The Bertz CT molecular complexity index is 789. The van der Waals surface area contributed by atoms with Crippen molar-refractivity contribution < 1.29 is 4.79 Å². The number of halogens is 1. The minimum Gasteiger partial charge on any atom is -0.350 e. The zero-order valence-electron chi connectivity index (χ0n) is 12.9. The van der Waals surface area contributed by atoms with Crippen LogP contribution in [0.1, 0.15) is 19.8 Å². The van der Waals surface area contributed by atoms with Crippen molar-refractivity contribution in [1.29, 1.82) is 0 Å². The standard InChI is InChI=1S/C16H19BrN4O2/c1-10-13(3-2-6-18-10)20-15(22)8-21-9-19-14-5-4-11(17)7-12(14)16(21)23/h4-5,7,9-10,13,18H,2-3,6,8H2,1H3,(H,20,22). The highest BCUT2D eigenvalue weighted by Crippen LogP contribution is 2.14. The van der Waals surface area contributed by atoms with E-state index in [1.54, 1.807) is 12.1 Å². The van der Waals surface area contributed by atoms with Crippen LogP contribution in [0.25, 0.3) is 10.9 Å². The van der Waals surface area contributed by atoms with Crippen LogP contribution in [0.15, 0.2) is 33.8 Å². The van der Waals surface area contributed by atoms with Gasteiger partial charge in [0.05, 0.1) is 17.2 Å². The summed E-state index contributed by atoms with van der Waals surface area (Å²) in [5.41, 5.74) is 0.418. The number of fused-ring (bicyclic) bond motifs is 1. The molecule has 3 rings (SSSR count). The zero-order valence-corrected chi connectivity index (χ0v) is 14.5. The predicted octanol–water partition coefficient (Wildman–Crippen LogP) is 1.42. The number of benzene rings is 1. The highest BCUT2D eigenvalue weighted by atomic mass is 79.9.